The summed E-state index contributed by atoms with van der Waals surface area (Å²) < 4.78 is 13.0. The van der Waals surface area contributed by atoms with Gasteiger partial charge in [-0.3, -0.25) is 4.79 Å². The summed E-state index contributed by atoms with van der Waals surface area (Å²) in [6.07, 6.45) is 4.56. The number of halogens is 1. The SMILES string of the molecule is O=C(Cc1ccc(F)cc1)N1CCC(c2ccnc(Nc3ccccn3)n2)C1. The van der Waals surface area contributed by atoms with Gasteiger partial charge in [0.15, 0.2) is 0 Å². The predicted molar refractivity (Wildman–Crippen MR) is 104 cm³/mol. The Balaban J connectivity index is 1.39. The molecule has 0 spiro atoms. The maximum atomic E-state index is 13.0. The van der Waals surface area contributed by atoms with Gasteiger partial charge in [-0.1, -0.05) is 18.2 Å². The number of carbonyl (C=O) groups excluding carboxylic acids is 1. The highest BCUT2D eigenvalue weighted by molar-refractivity contribution is 5.79. The molecule has 0 saturated carbocycles. The Hall–Kier alpha value is -3.35. The van der Waals surface area contributed by atoms with Crippen LogP contribution in [0, 0.1) is 5.82 Å². The molecule has 0 radical (unpaired) electrons. The minimum Gasteiger partial charge on any atom is -0.342 e. The molecule has 6 nitrogen and oxygen atoms in total. The van der Waals surface area contributed by atoms with E-state index in [2.05, 4.69) is 20.3 Å². The lowest BCUT2D eigenvalue weighted by Gasteiger charge is -2.17. The molecular weight excluding hydrogens is 357 g/mol. The molecule has 0 aliphatic carbocycles. The molecule has 1 saturated heterocycles. The Morgan fingerprint density at radius 2 is 1.96 bits per heavy atom. The second kappa shape index (κ2) is 8.12. The first-order valence-electron chi connectivity index (χ1n) is 9.20. The van der Waals surface area contributed by atoms with Gasteiger partial charge in [0.05, 0.1) is 12.1 Å². The van der Waals surface area contributed by atoms with Crippen LogP contribution in [0.4, 0.5) is 16.2 Å². The molecule has 7 heteroatoms. The van der Waals surface area contributed by atoms with Crippen LogP contribution < -0.4 is 5.32 Å². The summed E-state index contributed by atoms with van der Waals surface area (Å²) in [5.41, 5.74) is 1.73. The average molecular weight is 377 g/mol. The Kier molecular flexibility index (Phi) is 5.23. The molecule has 1 N–H and O–H groups in total. The maximum Gasteiger partial charge on any atom is 0.228 e. The molecule has 1 aromatic carbocycles. The first-order chi connectivity index (χ1) is 13.7. The number of rotatable bonds is 5. The second-order valence-electron chi connectivity index (χ2n) is 6.77. The third-order valence-electron chi connectivity index (χ3n) is 4.81. The summed E-state index contributed by atoms with van der Waals surface area (Å²) in [7, 11) is 0. The van der Waals surface area contributed by atoms with Crippen LogP contribution in [-0.4, -0.2) is 38.8 Å². The number of amides is 1. The summed E-state index contributed by atoms with van der Waals surface area (Å²) in [4.78, 5) is 27.5. The number of nitrogens with one attached hydrogen (secondary N) is 1. The first-order valence-corrected chi connectivity index (χ1v) is 9.20. The lowest BCUT2D eigenvalue weighted by molar-refractivity contribution is -0.129. The smallest absolute Gasteiger partial charge is 0.228 e. The minimum absolute atomic E-state index is 0.0509. The van der Waals surface area contributed by atoms with Crippen molar-refractivity contribution in [2.45, 2.75) is 18.8 Å². The third kappa shape index (κ3) is 4.31. The molecule has 4 rings (SSSR count). The van der Waals surface area contributed by atoms with Gasteiger partial charge in [-0.25, -0.2) is 19.3 Å². The van der Waals surface area contributed by atoms with E-state index in [4.69, 9.17) is 0 Å². The number of likely N-dealkylation sites (tertiary alicyclic amines) is 1. The van der Waals surface area contributed by atoms with Crippen LogP contribution in [-0.2, 0) is 11.2 Å². The zero-order chi connectivity index (χ0) is 19.3. The highest BCUT2D eigenvalue weighted by Gasteiger charge is 2.28. The van der Waals surface area contributed by atoms with E-state index in [1.54, 1.807) is 24.5 Å². The number of carbonyl (C=O) groups is 1. The molecule has 1 atom stereocenters. The van der Waals surface area contributed by atoms with E-state index in [9.17, 15) is 9.18 Å². The van der Waals surface area contributed by atoms with Crippen molar-refractivity contribution in [1.82, 2.24) is 19.9 Å². The van der Waals surface area contributed by atoms with Crippen molar-refractivity contribution in [2.24, 2.45) is 0 Å². The molecule has 0 bridgehead atoms. The van der Waals surface area contributed by atoms with E-state index in [0.29, 0.717) is 24.9 Å². The zero-order valence-corrected chi connectivity index (χ0v) is 15.3. The van der Waals surface area contributed by atoms with Crippen molar-refractivity contribution < 1.29 is 9.18 Å². The maximum absolute atomic E-state index is 13.0. The quantitative estimate of drug-likeness (QED) is 0.739. The van der Waals surface area contributed by atoms with Crippen molar-refractivity contribution in [1.29, 1.82) is 0 Å². The van der Waals surface area contributed by atoms with Gasteiger partial charge in [-0.05, 0) is 42.3 Å². The summed E-state index contributed by atoms with van der Waals surface area (Å²) in [5.74, 6) is 1.10. The number of anilines is 2. The van der Waals surface area contributed by atoms with E-state index in [0.717, 1.165) is 17.7 Å². The number of pyridine rings is 1. The molecule has 3 heterocycles. The summed E-state index contributed by atoms with van der Waals surface area (Å²) in [5, 5.41) is 3.09. The highest BCUT2D eigenvalue weighted by Crippen LogP contribution is 2.27. The Morgan fingerprint density at radius 1 is 1.11 bits per heavy atom. The molecule has 3 aromatic rings. The first kappa shape index (κ1) is 18.0. The van der Waals surface area contributed by atoms with Gasteiger partial charge in [0.2, 0.25) is 11.9 Å². The predicted octanol–water partition coefficient (Wildman–Crippen LogP) is 3.31. The van der Waals surface area contributed by atoms with Crippen molar-refractivity contribution in [3.05, 3.63) is 78.0 Å². The van der Waals surface area contributed by atoms with Gasteiger partial charge in [0.25, 0.3) is 0 Å². The summed E-state index contributed by atoms with van der Waals surface area (Å²) in [6, 6.07) is 13.5. The van der Waals surface area contributed by atoms with E-state index < -0.39 is 0 Å². The van der Waals surface area contributed by atoms with Crippen molar-refractivity contribution in [2.75, 3.05) is 18.4 Å². The molecule has 1 unspecified atom stereocenters. The molecular formula is C21H20FN5O. The third-order valence-corrected chi connectivity index (χ3v) is 4.81. The average Bonchev–Trinajstić information content (AvgIpc) is 3.21. The standard InChI is InChI=1S/C21H20FN5O/c22-17-6-4-15(5-7-17)13-20(28)27-12-9-16(14-27)18-8-11-24-21(25-18)26-19-3-1-2-10-23-19/h1-8,10-11,16H,9,12-14H2,(H,23,24,25,26). The highest BCUT2D eigenvalue weighted by atomic mass is 19.1. The van der Waals surface area contributed by atoms with Crippen molar-refractivity contribution >= 4 is 17.7 Å². The van der Waals surface area contributed by atoms with Gasteiger partial charge in [-0.15, -0.1) is 0 Å². The number of benzene rings is 1. The van der Waals surface area contributed by atoms with Gasteiger partial charge < -0.3 is 10.2 Å². The monoisotopic (exact) mass is 377 g/mol. The molecule has 1 amide bonds. The summed E-state index contributed by atoms with van der Waals surface area (Å²) in [6.45, 7) is 1.32. The normalized spacial score (nSPS) is 16.2. The second-order valence-corrected chi connectivity index (χ2v) is 6.77. The van der Waals surface area contributed by atoms with Gasteiger partial charge in [-0.2, -0.15) is 0 Å². The number of nitrogens with zero attached hydrogens (tertiary/aromatic N) is 4. The Morgan fingerprint density at radius 3 is 2.75 bits per heavy atom. The molecule has 28 heavy (non-hydrogen) atoms. The lowest BCUT2D eigenvalue weighted by atomic mass is 10.1. The topological polar surface area (TPSA) is 71.0 Å². The van der Waals surface area contributed by atoms with Crippen LogP contribution in [0.25, 0.3) is 0 Å². The minimum atomic E-state index is -0.295. The van der Waals surface area contributed by atoms with E-state index in [-0.39, 0.29) is 24.1 Å². The largest absolute Gasteiger partial charge is 0.342 e. The fraction of sp³-hybridized carbons (Fsp3) is 0.238. The van der Waals surface area contributed by atoms with E-state index in [1.807, 2.05) is 29.2 Å². The van der Waals surface area contributed by atoms with Gasteiger partial charge >= 0.3 is 0 Å². The van der Waals surface area contributed by atoms with E-state index in [1.165, 1.54) is 12.1 Å². The van der Waals surface area contributed by atoms with Crippen LogP contribution >= 0.6 is 0 Å². The lowest BCUT2D eigenvalue weighted by Crippen LogP contribution is -2.30. The zero-order valence-electron chi connectivity index (χ0n) is 15.3. The van der Waals surface area contributed by atoms with Crippen LogP contribution in [0.1, 0.15) is 23.6 Å². The van der Waals surface area contributed by atoms with Crippen LogP contribution in [0.15, 0.2) is 60.9 Å². The molecule has 1 fully saturated rings. The molecule has 1 aliphatic rings. The van der Waals surface area contributed by atoms with Crippen molar-refractivity contribution in [3.8, 4) is 0 Å². The van der Waals surface area contributed by atoms with Crippen LogP contribution in [0.2, 0.25) is 0 Å². The number of hydrogen-bond donors (Lipinski definition) is 1. The van der Waals surface area contributed by atoms with Gasteiger partial charge in [0.1, 0.15) is 11.6 Å². The molecule has 2 aromatic heterocycles. The Labute approximate surface area is 162 Å². The summed E-state index contributed by atoms with van der Waals surface area (Å²) >= 11 is 0. The van der Waals surface area contributed by atoms with Gasteiger partial charge in [0, 0.05) is 31.4 Å². The van der Waals surface area contributed by atoms with Crippen LogP contribution in [0.3, 0.4) is 0 Å². The molecule has 142 valence electrons. The number of hydrogen-bond acceptors (Lipinski definition) is 5. The fourth-order valence-corrected chi connectivity index (χ4v) is 3.33. The Bertz CT molecular complexity index is 949. The van der Waals surface area contributed by atoms with Crippen LogP contribution in [0.5, 0.6) is 0 Å². The van der Waals surface area contributed by atoms with Crippen molar-refractivity contribution in [3.63, 3.8) is 0 Å². The fourth-order valence-electron chi connectivity index (χ4n) is 3.33. The molecule has 1 aliphatic heterocycles. The number of aromatic nitrogens is 3. The van der Waals surface area contributed by atoms with E-state index >= 15 is 0 Å².